The lowest BCUT2D eigenvalue weighted by Crippen LogP contribution is -2.10. The van der Waals surface area contributed by atoms with Gasteiger partial charge in [-0.3, -0.25) is 0 Å². The van der Waals surface area contributed by atoms with Crippen molar-refractivity contribution in [2.75, 3.05) is 23.9 Å². The van der Waals surface area contributed by atoms with Gasteiger partial charge < -0.3 is 11.1 Å². The van der Waals surface area contributed by atoms with E-state index >= 15 is 0 Å². The molecule has 0 aliphatic carbocycles. The average molecular weight is 212 g/mol. The molecule has 1 aromatic rings. The first-order valence-electron chi connectivity index (χ1n) is 4.56. The molecule has 0 amide bonds. The highest BCUT2D eigenvalue weighted by molar-refractivity contribution is 7.99. The van der Waals surface area contributed by atoms with Crippen molar-refractivity contribution in [1.82, 2.24) is 9.97 Å². The summed E-state index contributed by atoms with van der Waals surface area (Å²) in [7, 11) is 0. The normalized spacial score (nSPS) is 12.4. The lowest BCUT2D eigenvalue weighted by Gasteiger charge is -2.10. The van der Waals surface area contributed by atoms with E-state index < -0.39 is 0 Å². The van der Waals surface area contributed by atoms with E-state index in [9.17, 15) is 0 Å². The summed E-state index contributed by atoms with van der Waals surface area (Å²) in [6.45, 7) is 3.10. The van der Waals surface area contributed by atoms with Crippen LogP contribution in [0, 0.1) is 0 Å². The highest BCUT2D eigenvalue weighted by Crippen LogP contribution is 2.13. The molecule has 1 rings (SSSR count). The number of hydrogen-bond acceptors (Lipinski definition) is 5. The van der Waals surface area contributed by atoms with Crippen LogP contribution in [0.2, 0.25) is 0 Å². The van der Waals surface area contributed by atoms with Crippen LogP contribution in [-0.4, -0.2) is 28.0 Å². The fourth-order valence-electron chi connectivity index (χ4n) is 1.000. The minimum atomic E-state index is 0.601. The van der Waals surface area contributed by atoms with Crippen molar-refractivity contribution in [1.29, 1.82) is 0 Å². The second kappa shape index (κ2) is 5.70. The lowest BCUT2D eigenvalue weighted by molar-refractivity contribution is 0.849. The van der Waals surface area contributed by atoms with Gasteiger partial charge in [-0.15, -0.1) is 0 Å². The zero-order valence-electron chi connectivity index (χ0n) is 8.53. The van der Waals surface area contributed by atoms with Crippen molar-refractivity contribution in [2.24, 2.45) is 0 Å². The smallest absolute Gasteiger partial charge is 0.152 e. The van der Waals surface area contributed by atoms with Crippen LogP contribution >= 0.6 is 11.8 Å². The Morgan fingerprint density at radius 3 is 3.07 bits per heavy atom. The van der Waals surface area contributed by atoms with Crippen molar-refractivity contribution >= 4 is 23.3 Å². The molecule has 78 valence electrons. The predicted octanol–water partition coefficient (Wildman–Crippen LogP) is 1.61. The van der Waals surface area contributed by atoms with E-state index in [4.69, 9.17) is 5.73 Å². The number of nitrogens with one attached hydrogen (secondary N) is 1. The first-order valence-corrected chi connectivity index (χ1v) is 5.85. The maximum atomic E-state index is 5.68. The van der Waals surface area contributed by atoms with Gasteiger partial charge in [0.2, 0.25) is 0 Å². The molecule has 0 fully saturated rings. The van der Waals surface area contributed by atoms with Crippen LogP contribution in [0.15, 0.2) is 12.5 Å². The highest BCUT2D eigenvalue weighted by Gasteiger charge is 2.01. The van der Waals surface area contributed by atoms with E-state index in [-0.39, 0.29) is 0 Å². The van der Waals surface area contributed by atoms with Crippen LogP contribution in [0.3, 0.4) is 0 Å². The van der Waals surface area contributed by atoms with Gasteiger partial charge >= 0.3 is 0 Å². The number of rotatable bonds is 5. The van der Waals surface area contributed by atoms with Crippen LogP contribution in [0.25, 0.3) is 0 Å². The maximum Gasteiger partial charge on any atom is 0.152 e. The zero-order chi connectivity index (χ0) is 10.4. The highest BCUT2D eigenvalue weighted by atomic mass is 32.2. The molecule has 4 nitrogen and oxygen atoms in total. The molecular formula is C9H16N4S. The largest absolute Gasteiger partial charge is 0.394 e. The molecule has 0 saturated carbocycles. The van der Waals surface area contributed by atoms with Crippen LogP contribution in [0.1, 0.15) is 13.3 Å². The van der Waals surface area contributed by atoms with Gasteiger partial charge in [-0.2, -0.15) is 11.8 Å². The number of hydrogen-bond donors (Lipinski definition) is 2. The van der Waals surface area contributed by atoms with Gasteiger partial charge in [0, 0.05) is 11.8 Å². The minimum absolute atomic E-state index is 0.601. The van der Waals surface area contributed by atoms with E-state index in [1.807, 2.05) is 11.8 Å². The minimum Gasteiger partial charge on any atom is -0.394 e. The molecule has 1 atom stereocenters. The van der Waals surface area contributed by atoms with Gasteiger partial charge in [-0.25, -0.2) is 9.97 Å². The third-order valence-corrected chi connectivity index (χ3v) is 3.03. The number of nitrogens with two attached hydrogens (primary N) is 1. The molecule has 1 unspecified atom stereocenters. The fourth-order valence-corrected chi connectivity index (χ4v) is 1.35. The second-order valence-corrected chi connectivity index (χ2v) is 4.36. The summed E-state index contributed by atoms with van der Waals surface area (Å²) in [4.78, 5) is 7.87. The summed E-state index contributed by atoms with van der Waals surface area (Å²) < 4.78 is 0. The standard InChI is InChI=1S/C9H16N4S/c1-7(14-2)3-4-12-9-8(10)5-11-6-13-9/h5-7H,3-4,10H2,1-2H3,(H,11,12,13). The molecule has 0 saturated heterocycles. The Morgan fingerprint density at radius 1 is 1.64 bits per heavy atom. The Morgan fingerprint density at radius 2 is 2.43 bits per heavy atom. The first kappa shape index (κ1) is 11.1. The molecule has 0 aliphatic heterocycles. The summed E-state index contributed by atoms with van der Waals surface area (Å²) in [6.07, 6.45) is 6.32. The number of thioether (sulfide) groups is 1. The molecule has 0 bridgehead atoms. The number of aromatic nitrogens is 2. The van der Waals surface area contributed by atoms with E-state index in [0.717, 1.165) is 18.8 Å². The SMILES string of the molecule is CSC(C)CCNc1ncncc1N. The van der Waals surface area contributed by atoms with Gasteiger partial charge in [-0.1, -0.05) is 6.92 Å². The van der Waals surface area contributed by atoms with Crippen molar-refractivity contribution in [2.45, 2.75) is 18.6 Å². The van der Waals surface area contributed by atoms with Crippen molar-refractivity contribution in [3.63, 3.8) is 0 Å². The molecule has 0 aliphatic rings. The van der Waals surface area contributed by atoms with E-state index in [1.165, 1.54) is 6.33 Å². The van der Waals surface area contributed by atoms with E-state index in [0.29, 0.717) is 10.9 Å². The summed E-state index contributed by atoms with van der Waals surface area (Å²) in [5.74, 6) is 0.730. The van der Waals surface area contributed by atoms with Crippen LogP contribution in [0.5, 0.6) is 0 Å². The Balaban J connectivity index is 2.35. The monoisotopic (exact) mass is 212 g/mol. The van der Waals surface area contributed by atoms with Gasteiger partial charge in [0.05, 0.1) is 11.9 Å². The topological polar surface area (TPSA) is 63.8 Å². The second-order valence-electron chi connectivity index (χ2n) is 3.09. The summed E-state index contributed by atoms with van der Waals surface area (Å²) in [6, 6.07) is 0. The summed E-state index contributed by atoms with van der Waals surface area (Å²) in [5, 5.41) is 3.85. The molecule has 1 heterocycles. The number of nitrogen functional groups attached to an aromatic ring is 1. The Kier molecular flexibility index (Phi) is 4.52. The molecule has 3 N–H and O–H groups in total. The molecule has 0 spiro atoms. The molecule has 0 aromatic carbocycles. The zero-order valence-corrected chi connectivity index (χ0v) is 9.34. The van der Waals surface area contributed by atoms with E-state index in [1.54, 1.807) is 6.20 Å². The number of nitrogens with zero attached hydrogens (tertiary/aromatic N) is 2. The fraction of sp³-hybridized carbons (Fsp3) is 0.556. The Bertz CT molecular complexity index is 279. The third-order valence-electron chi connectivity index (χ3n) is 1.99. The van der Waals surface area contributed by atoms with Crippen molar-refractivity contribution < 1.29 is 0 Å². The van der Waals surface area contributed by atoms with Gasteiger partial charge in [0.15, 0.2) is 5.82 Å². The van der Waals surface area contributed by atoms with Crippen molar-refractivity contribution in [3.8, 4) is 0 Å². The van der Waals surface area contributed by atoms with Gasteiger partial charge in [0.25, 0.3) is 0 Å². The van der Waals surface area contributed by atoms with Crippen LogP contribution in [-0.2, 0) is 0 Å². The quantitative estimate of drug-likeness (QED) is 0.776. The average Bonchev–Trinajstić information content (AvgIpc) is 2.20. The van der Waals surface area contributed by atoms with Gasteiger partial charge in [-0.05, 0) is 12.7 Å². The van der Waals surface area contributed by atoms with Crippen molar-refractivity contribution in [3.05, 3.63) is 12.5 Å². The molecule has 0 radical (unpaired) electrons. The molecule has 14 heavy (non-hydrogen) atoms. The lowest BCUT2D eigenvalue weighted by atomic mass is 10.3. The van der Waals surface area contributed by atoms with Crippen LogP contribution in [0.4, 0.5) is 11.5 Å². The predicted molar refractivity (Wildman–Crippen MR) is 62.5 cm³/mol. The maximum absolute atomic E-state index is 5.68. The third kappa shape index (κ3) is 3.41. The molecule has 1 aromatic heterocycles. The number of anilines is 2. The molecular weight excluding hydrogens is 196 g/mol. The molecule has 5 heteroatoms. The summed E-state index contributed by atoms with van der Waals surface area (Å²) in [5.41, 5.74) is 6.28. The summed E-state index contributed by atoms with van der Waals surface area (Å²) >= 11 is 1.86. The van der Waals surface area contributed by atoms with E-state index in [2.05, 4.69) is 28.5 Å². The Hall–Kier alpha value is -0.970. The van der Waals surface area contributed by atoms with Gasteiger partial charge in [0.1, 0.15) is 6.33 Å². The van der Waals surface area contributed by atoms with Crippen LogP contribution < -0.4 is 11.1 Å². The first-order chi connectivity index (χ1) is 6.74. The Labute approximate surface area is 88.7 Å².